The Balaban J connectivity index is 1.82. The SMILES string of the molecule is COC(c1ccccc1)c1c(C)oc(-c2cccc3ccccc23)c1-c1ccccc1. The molecule has 0 aliphatic carbocycles. The molecule has 1 unspecified atom stereocenters. The van der Waals surface area contributed by atoms with E-state index >= 15 is 0 Å². The van der Waals surface area contributed by atoms with Gasteiger partial charge in [0.25, 0.3) is 0 Å². The number of ether oxygens (including phenoxy) is 1. The molecule has 0 N–H and O–H groups in total. The normalized spacial score (nSPS) is 12.2. The van der Waals surface area contributed by atoms with Crippen LogP contribution in [-0.2, 0) is 4.74 Å². The van der Waals surface area contributed by atoms with Crippen LogP contribution in [0.4, 0.5) is 0 Å². The van der Waals surface area contributed by atoms with Gasteiger partial charge in [-0.25, -0.2) is 0 Å². The molecule has 2 heteroatoms. The molecule has 0 spiro atoms. The van der Waals surface area contributed by atoms with Crippen LogP contribution in [0.5, 0.6) is 0 Å². The van der Waals surface area contributed by atoms with E-state index in [1.54, 1.807) is 7.11 Å². The van der Waals surface area contributed by atoms with Crippen molar-refractivity contribution in [3.05, 3.63) is 120 Å². The van der Waals surface area contributed by atoms with Gasteiger partial charge in [0.1, 0.15) is 17.6 Å². The standard InChI is InChI=1S/C29H24O2/c1-20-26(28(30-2)23-15-7-4-8-16-23)27(22-13-5-3-6-14-22)29(31-20)25-19-11-17-21-12-9-10-18-24(21)25/h3-19,28H,1-2H3. The molecular formula is C29H24O2. The Kier molecular flexibility index (Phi) is 5.15. The average molecular weight is 405 g/mol. The molecule has 5 rings (SSSR count). The Labute approximate surface area is 182 Å². The second-order valence-corrected chi connectivity index (χ2v) is 7.70. The average Bonchev–Trinajstić information content (AvgIpc) is 3.17. The molecule has 5 aromatic rings. The van der Waals surface area contributed by atoms with Gasteiger partial charge in [-0.1, -0.05) is 103 Å². The molecule has 31 heavy (non-hydrogen) atoms. The third-order valence-corrected chi connectivity index (χ3v) is 5.83. The van der Waals surface area contributed by atoms with E-state index in [4.69, 9.17) is 9.15 Å². The first-order valence-electron chi connectivity index (χ1n) is 10.5. The van der Waals surface area contributed by atoms with E-state index in [2.05, 4.69) is 78.9 Å². The second-order valence-electron chi connectivity index (χ2n) is 7.70. The molecule has 0 saturated carbocycles. The van der Waals surface area contributed by atoms with E-state index in [0.717, 1.165) is 39.3 Å². The van der Waals surface area contributed by atoms with Gasteiger partial charge in [0, 0.05) is 23.8 Å². The predicted molar refractivity (Wildman–Crippen MR) is 127 cm³/mol. The lowest BCUT2D eigenvalue weighted by Crippen LogP contribution is -2.05. The van der Waals surface area contributed by atoms with Crippen LogP contribution in [0, 0.1) is 6.92 Å². The van der Waals surface area contributed by atoms with Gasteiger partial charge in [-0.15, -0.1) is 0 Å². The van der Waals surface area contributed by atoms with Crippen molar-refractivity contribution in [2.24, 2.45) is 0 Å². The Hall–Kier alpha value is -3.62. The van der Waals surface area contributed by atoms with Crippen molar-refractivity contribution in [3.8, 4) is 22.5 Å². The number of aryl methyl sites for hydroxylation is 1. The third-order valence-electron chi connectivity index (χ3n) is 5.83. The number of rotatable bonds is 5. The molecule has 0 fully saturated rings. The summed E-state index contributed by atoms with van der Waals surface area (Å²) in [6, 6.07) is 35.6. The van der Waals surface area contributed by atoms with E-state index < -0.39 is 0 Å². The third kappa shape index (κ3) is 3.45. The lowest BCUT2D eigenvalue weighted by molar-refractivity contribution is 0.135. The molecule has 4 aromatic carbocycles. The predicted octanol–water partition coefficient (Wildman–Crippen LogP) is 7.81. The molecule has 1 atom stereocenters. The molecule has 0 bridgehead atoms. The van der Waals surface area contributed by atoms with Crippen molar-refractivity contribution >= 4 is 10.8 Å². The van der Waals surface area contributed by atoms with Crippen LogP contribution < -0.4 is 0 Å². The zero-order valence-corrected chi connectivity index (χ0v) is 17.7. The summed E-state index contributed by atoms with van der Waals surface area (Å²) in [6.07, 6.45) is -0.219. The molecule has 0 amide bonds. The Morgan fingerprint density at radius 3 is 2.10 bits per heavy atom. The van der Waals surface area contributed by atoms with Gasteiger partial charge in [-0.3, -0.25) is 0 Å². The molecule has 0 aliphatic rings. The van der Waals surface area contributed by atoms with Crippen LogP contribution in [0.2, 0.25) is 0 Å². The van der Waals surface area contributed by atoms with Gasteiger partial charge in [-0.05, 0) is 28.8 Å². The highest BCUT2D eigenvalue weighted by atomic mass is 16.5. The maximum absolute atomic E-state index is 6.52. The first kappa shape index (κ1) is 19.3. The molecule has 2 nitrogen and oxygen atoms in total. The van der Waals surface area contributed by atoms with Crippen molar-refractivity contribution in [1.29, 1.82) is 0 Å². The fourth-order valence-electron chi connectivity index (χ4n) is 4.43. The number of hydrogen-bond acceptors (Lipinski definition) is 2. The summed E-state index contributed by atoms with van der Waals surface area (Å²) < 4.78 is 12.6. The number of fused-ring (bicyclic) bond motifs is 1. The molecule has 0 aliphatic heterocycles. The number of furan rings is 1. The van der Waals surface area contributed by atoms with Crippen LogP contribution in [0.1, 0.15) is 23.0 Å². The van der Waals surface area contributed by atoms with Crippen molar-refractivity contribution in [3.63, 3.8) is 0 Å². The lowest BCUT2D eigenvalue weighted by Gasteiger charge is -2.18. The topological polar surface area (TPSA) is 22.4 Å². The highest BCUT2D eigenvalue weighted by molar-refractivity contribution is 5.99. The van der Waals surface area contributed by atoms with Crippen LogP contribution in [-0.4, -0.2) is 7.11 Å². The summed E-state index contributed by atoms with van der Waals surface area (Å²) >= 11 is 0. The van der Waals surface area contributed by atoms with Crippen molar-refractivity contribution in [2.75, 3.05) is 7.11 Å². The van der Waals surface area contributed by atoms with E-state index in [9.17, 15) is 0 Å². The van der Waals surface area contributed by atoms with E-state index in [-0.39, 0.29) is 6.10 Å². The summed E-state index contributed by atoms with van der Waals surface area (Å²) in [5, 5.41) is 2.37. The molecule has 0 radical (unpaired) electrons. The zero-order valence-electron chi connectivity index (χ0n) is 17.7. The minimum atomic E-state index is -0.219. The minimum Gasteiger partial charge on any atom is -0.460 e. The van der Waals surface area contributed by atoms with E-state index in [0.29, 0.717) is 0 Å². The molecule has 1 aromatic heterocycles. The highest BCUT2D eigenvalue weighted by Gasteiger charge is 2.28. The largest absolute Gasteiger partial charge is 0.460 e. The summed E-state index contributed by atoms with van der Waals surface area (Å²) in [5.41, 5.74) is 5.48. The fraction of sp³-hybridized carbons (Fsp3) is 0.103. The van der Waals surface area contributed by atoms with Crippen molar-refractivity contribution < 1.29 is 9.15 Å². The van der Waals surface area contributed by atoms with Crippen LogP contribution in [0.3, 0.4) is 0 Å². The van der Waals surface area contributed by atoms with Crippen molar-refractivity contribution in [1.82, 2.24) is 0 Å². The van der Waals surface area contributed by atoms with Gasteiger partial charge in [-0.2, -0.15) is 0 Å². The highest BCUT2D eigenvalue weighted by Crippen LogP contribution is 2.45. The lowest BCUT2D eigenvalue weighted by atomic mass is 9.90. The van der Waals surface area contributed by atoms with Crippen LogP contribution in [0.15, 0.2) is 108 Å². The monoisotopic (exact) mass is 404 g/mol. The maximum Gasteiger partial charge on any atom is 0.143 e. The molecular weight excluding hydrogens is 380 g/mol. The van der Waals surface area contributed by atoms with Crippen LogP contribution >= 0.6 is 0 Å². The number of methoxy groups -OCH3 is 1. The number of benzene rings is 4. The molecule has 1 heterocycles. The summed E-state index contributed by atoms with van der Waals surface area (Å²) in [7, 11) is 1.76. The summed E-state index contributed by atoms with van der Waals surface area (Å²) in [5.74, 6) is 1.76. The van der Waals surface area contributed by atoms with Gasteiger partial charge >= 0.3 is 0 Å². The maximum atomic E-state index is 6.52. The minimum absolute atomic E-state index is 0.219. The van der Waals surface area contributed by atoms with E-state index in [1.165, 1.54) is 10.8 Å². The first-order valence-corrected chi connectivity index (χ1v) is 10.5. The summed E-state index contributed by atoms with van der Waals surface area (Å²) in [4.78, 5) is 0. The zero-order chi connectivity index (χ0) is 21.2. The van der Waals surface area contributed by atoms with Crippen LogP contribution in [0.25, 0.3) is 33.2 Å². The Bertz CT molecular complexity index is 1310. The molecule has 152 valence electrons. The smallest absolute Gasteiger partial charge is 0.143 e. The first-order chi connectivity index (χ1) is 15.3. The fourth-order valence-corrected chi connectivity index (χ4v) is 4.43. The number of hydrogen-bond donors (Lipinski definition) is 0. The quantitative estimate of drug-likeness (QED) is 0.298. The Morgan fingerprint density at radius 2 is 1.35 bits per heavy atom. The Morgan fingerprint density at radius 1 is 0.710 bits per heavy atom. The van der Waals surface area contributed by atoms with Gasteiger partial charge in [0.05, 0.1) is 0 Å². The molecule has 0 saturated heterocycles. The van der Waals surface area contributed by atoms with Gasteiger partial charge < -0.3 is 9.15 Å². The summed E-state index contributed by atoms with van der Waals surface area (Å²) in [6.45, 7) is 2.03. The van der Waals surface area contributed by atoms with Gasteiger partial charge in [0.15, 0.2) is 0 Å². The van der Waals surface area contributed by atoms with Crippen molar-refractivity contribution in [2.45, 2.75) is 13.0 Å². The van der Waals surface area contributed by atoms with Gasteiger partial charge in [0.2, 0.25) is 0 Å². The second kappa shape index (κ2) is 8.25. The van der Waals surface area contributed by atoms with E-state index in [1.807, 2.05) is 31.2 Å².